The number of hydrogen-bond acceptors (Lipinski definition) is 2. The molecule has 170 valence electrons. The van der Waals surface area contributed by atoms with E-state index in [0.29, 0.717) is 17.6 Å². The van der Waals surface area contributed by atoms with Gasteiger partial charge >= 0.3 is 0 Å². The summed E-state index contributed by atoms with van der Waals surface area (Å²) in [5.41, 5.74) is 5.94. The molecule has 0 atom stereocenters. The van der Waals surface area contributed by atoms with Crippen LogP contribution in [0, 0.1) is 0 Å². The van der Waals surface area contributed by atoms with Crippen LogP contribution in [-0.4, -0.2) is 11.7 Å². The van der Waals surface area contributed by atoms with Crippen molar-refractivity contribution in [1.29, 1.82) is 0 Å². The number of Topliss-reactive ketones (excluding diaryl/α,β-unsaturated/α-hetero) is 1. The number of carbonyl (C=O) groups is 2. The Hall–Kier alpha value is -4.05. The summed E-state index contributed by atoms with van der Waals surface area (Å²) in [6.07, 6.45) is 0.333. The van der Waals surface area contributed by atoms with E-state index in [9.17, 15) is 9.59 Å². The first-order valence-corrected chi connectivity index (χ1v) is 11.4. The van der Waals surface area contributed by atoms with Gasteiger partial charge in [-0.1, -0.05) is 43.5 Å². The lowest BCUT2D eigenvalue weighted by Crippen LogP contribution is -2.36. The SMILES string of the molecule is C=C(C)C(=O)Cc1ccc2c3ccc(NC(=O)C(=C)C)cc3c(-c3ccccc3)[n+](CC)c2c1. The van der Waals surface area contributed by atoms with E-state index in [1.165, 1.54) is 0 Å². The van der Waals surface area contributed by atoms with Crippen molar-refractivity contribution in [1.82, 2.24) is 0 Å². The number of amides is 1. The highest BCUT2D eigenvalue weighted by Gasteiger charge is 2.23. The molecule has 3 aromatic carbocycles. The fourth-order valence-electron chi connectivity index (χ4n) is 4.27. The fraction of sp³-hybridized carbons (Fsp3) is 0.167. The Kier molecular flexibility index (Phi) is 6.42. The highest BCUT2D eigenvalue weighted by atomic mass is 16.1. The van der Waals surface area contributed by atoms with Gasteiger partial charge in [0.15, 0.2) is 5.78 Å². The molecule has 0 saturated carbocycles. The average molecular weight is 450 g/mol. The van der Waals surface area contributed by atoms with Gasteiger partial charge in [0, 0.05) is 34.7 Å². The molecule has 4 nitrogen and oxygen atoms in total. The molecule has 4 rings (SSSR count). The third kappa shape index (κ3) is 4.40. The summed E-state index contributed by atoms with van der Waals surface area (Å²) in [4.78, 5) is 24.6. The number of carbonyl (C=O) groups excluding carboxylic acids is 2. The van der Waals surface area contributed by atoms with Gasteiger partial charge in [-0.25, -0.2) is 0 Å². The molecule has 4 aromatic rings. The number of allylic oxidation sites excluding steroid dienone is 1. The van der Waals surface area contributed by atoms with Crippen LogP contribution in [0.25, 0.3) is 32.9 Å². The lowest BCUT2D eigenvalue weighted by Gasteiger charge is -2.14. The quantitative estimate of drug-likeness (QED) is 0.208. The van der Waals surface area contributed by atoms with Crippen LogP contribution in [0.2, 0.25) is 0 Å². The average Bonchev–Trinajstić information content (AvgIpc) is 2.83. The largest absolute Gasteiger partial charge is 0.322 e. The molecule has 0 saturated heterocycles. The molecule has 34 heavy (non-hydrogen) atoms. The van der Waals surface area contributed by atoms with E-state index in [0.717, 1.165) is 50.7 Å². The zero-order valence-electron chi connectivity index (χ0n) is 19.9. The highest BCUT2D eigenvalue weighted by molar-refractivity contribution is 6.11. The molecule has 0 bridgehead atoms. The molecule has 1 N–H and O–H groups in total. The van der Waals surface area contributed by atoms with Crippen molar-refractivity contribution >= 4 is 39.1 Å². The molecular weight excluding hydrogens is 420 g/mol. The second-order valence-corrected chi connectivity index (χ2v) is 8.69. The second kappa shape index (κ2) is 9.44. The van der Waals surface area contributed by atoms with Gasteiger partial charge in [0.05, 0.1) is 10.8 Å². The van der Waals surface area contributed by atoms with Crippen molar-refractivity contribution in [3.05, 3.63) is 96.6 Å². The maximum Gasteiger partial charge on any atom is 0.250 e. The maximum absolute atomic E-state index is 12.3. The van der Waals surface area contributed by atoms with Crippen LogP contribution in [0.4, 0.5) is 5.69 Å². The first-order chi connectivity index (χ1) is 16.3. The van der Waals surface area contributed by atoms with Crippen molar-refractivity contribution in [2.45, 2.75) is 33.7 Å². The Bertz CT molecular complexity index is 1470. The van der Waals surface area contributed by atoms with E-state index in [4.69, 9.17) is 0 Å². The van der Waals surface area contributed by atoms with Crippen LogP contribution in [0.5, 0.6) is 0 Å². The number of pyridine rings is 1. The summed E-state index contributed by atoms with van der Waals surface area (Å²) in [6, 6.07) is 22.5. The zero-order chi connectivity index (χ0) is 24.4. The number of nitrogens with zero attached hydrogens (tertiary/aromatic N) is 1. The van der Waals surface area contributed by atoms with Gasteiger partial charge in [-0.05, 0) is 62.2 Å². The lowest BCUT2D eigenvalue weighted by atomic mass is 9.96. The number of benzene rings is 3. The van der Waals surface area contributed by atoms with Crippen molar-refractivity contribution in [2.24, 2.45) is 0 Å². The van der Waals surface area contributed by atoms with Crippen molar-refractivity contribution in [2.75, 3.05) is 5.32 Å². The molecule has 0 aliphatic heterocycles. The fourth-order valence-corrected chi connectivity index (χ4v) is 4.27. The predicted octanol–water partition coefficient (Wildman–Crippen LogP) is 6.17. The molecule has 0 spiro atoms. The summed E-state index contributed by atoms with van der Waals surface area (Å²) in [6.45, 7) is 13.8. The summed E-state index contributed by atoms with van der Waals surface area (Å²) in [5.74, 6) is -0.152. The van der Waals surface area contributed by atoms with Gasteiger partial charge in [0.25, 0.3) is 5.91 Å². The van der Waals surface area contributed by atoms with Crippen LogP contribution in [0.1, 0.15) is 26.3 Å². The summed E-state index contributed by atoms with van der Waals surface area (Å²) in [5, 5.41) is 6.18. The Morgan fingerprint density at radius 1 is 0.853 bits per heavy atom. The van der Waals surface area contributed by atoms with Gasteiger partial charge in [-0.2, -0.15) is 4.57 Å². The number of hydrogen-bond donors (Lipinski definition) is 1. The number of nitrogens with one attached hydrogen (secondary N) is 1. The van der Waals surface area contributed by atoms with E-state index in [1.54, 1.807) is 13.8 Å². The van der Waals surface area contributed by atoms with Crippen molar-refractivity contribution in [3.63, 3.8) is 0 Å². The summed E-state index contributed by atoms with van der Waals surface area (Å²) in [7, 11) is 0. The Morgan fingerprint density at radius 2 is 1.56 bits per heavy atom. The van der Waals surface area contributed by atoms with Gasteiger partial charge in [0.1, 0.15) is 6.54 Å². The van der Waals surface area contributed by atoms with E-state index in [2.05, 4.69) is 60.3 Å². The smallest absolute Gasteiger partial charge is 0.250 e. The zero-order valence-corrected chi connectivity index (χ0v) is 19.9. The van der Waals surface area contributed by atoms with Gasteiger partial charge < -0.3 is 5.32 Å². The normalized spacial score (nSPS) is 10.9. The van der Waals surface area contributed by atoms with E-state index in [1.807, 2.05) is 36.4 Å². The Morgan fingerprint density at radius 3 is 2.21 bits per heavy atom. The topological polar surface area (TPSA) is 50.1 Å². The lowest BCUT2D eigenvalue weighted by molar-refractivity contribution is -0.655. The highest BCUT2D eigenvalue weighted by Crippen LogP contribution is 2.33. The number of fused-ring (bicyclic) bond motifs is 3. The molecule has 0 radical (unpaired) electrons. The third-order valence-corrected chi connectivity index (χ3v) is 6.04. The van der Waals surface area contributed by atoms with Crippen LogP contribution in [0.15, 0.2) is 91.0 Å². The molecule has 1 heterocycles. The van der Waals surface area contributed by atoms with Crippen molar-refractivity contribution in [3.8, 4) is 11.3 Å². The predicted molar refractivity (Wildman–Crippen MR) is 140 cm³/mol. The third-order valence-electron chi connectivity index (χ3n) is 6.04. The van der Waals surface area contributed by atoms with E-state index < -0.39 is 0 Å². The van der Waals surface area contributed by atoms with Crippen molar-refractivity contribution < 1.29 is 14.2 Å². The minimum atomic E-state index is -0.198. The molecule has 1 aromatic heterocycles. The number of ketones is 1. The van der Waals surface area contributed by atoms with Gasteiger partial charge in [-0.3, -0.25) is 9.59 Å². The monoisotopic (exact) mass is 449 g/mol. The Balaban J connectivity index is 2.03. The van der Waals surface area contributed by atoms with Crippen LogP contribution in [-0.2, 0) is 22.6 Å². The molecule has 0 aliphatic carbocycles. The van der Waals surface area contributed by atoms with Crippen LogP contribution >= 0.6 is 0 Å². The summed E-state index contributed by atoms with van der Waals surface area (Å²) < 4.78 is 2.28. The maximum atomic E-state index is 12.3. The summed E-state index contributed by atoms with van der Waals surface area (Å²) >= 11 is 0. The molecule has 4 heteroatoms. The molecule has 0 fully saturated rings. The molecule has 0 aliphatic rings. The minimum absolute atomic E-state index is 0.0457. The number of aromatic nitrogens is 1. The van der Waals surface area contributed by atoms with E-state index >= 15 is 0 Å². The second-order valence-electron chi connectivity index (χ2n) is 8.69. The standard InChI is InChI=1S/C30H28N2O2/c1-6-32-27-16-21(17-28(33)19(2)3)12-14-25(27)24-15-13-23(31-30(34)20(4)5)18-26(24)29(32)22-10-8-7-9-11-22/h7-16,18H,2,4,6,17H2,1,3,5H3/p+1. The molecule has 1 amide bonds. The first kappa shape index (κ1) is 23.1. The number of rotatable bonds is 7. The van der Waals surface area contributed by atoms with Crippen LogP contribution < -0.4 is 9.88 Å². The molecular formula is C30H29N2O2+. The minimum Gasteiger partial charge on any atom is -0.322 e. The van der Waals surface area contributed by atoms with Crippen LogP contribution in [0.3, 0.4) is 0 Å². The Labute approximate surface area is 200 Å². The molecule has 0 unspecified atom stereocenters. The first-order valence-electron chi connectivity index (χ1n) is 11.4. The van der Waals surface area contributed by atoms with E-state index in [-0.39, 0.29) is 11.7 Å². The number of anilines is 1. The number of aryl methyl sites for hydroxylation is 1. The van der Waals surface area contributed by atoms with Gasteiger partial charge in [0.2, 0.25) is 11.2 Å². The van der Waals surface area contributed by atoms with Gasteiger partial charge in [-0.15, -0.1) is 0 Å².